The fourth-order valence-electron chi connectivity index (χ4n) is 2.03. The van der Waals surface area contributed by atoms with Gasteiger partial charge in [0, 0.05) is 6.04 Å². The first-order valence-corrected chi connectivity index (χ1v) is 5.44. The van der Waals surface area contributed by atoms with E-state index in [1.165, 1.54) is 0 Å². The number of alkyl halides is 3. The van der Waals surface area contributed by atoms with Gasteiger partial charge in [0.15, 0.2) is 0 Å². The van der Waals surface area contributed by atoms with Crippen LogP contribution >= 0.6 is 0 Å². The highest BCUT2D eigenvalue weighted by molar-refractivity contribution is 4.86. The normalized spacial score (nSPS) is 22.0. The molecule has 1 saturated heterocycles. The number of hydrogen-bond acceptors (Lipinski definition) is 2. The van der Waals surface area contributed by atoms with Crippen molar-refractivity contribution >= 4 is 0 Å². The molecule has 1 atom stereocenters. The van der Waals surface area contributed by atoms with Crippen LogP contribution in [0.25, 0.3) is 0 Å². The molecule has 0 amide bonds. The third-order valence-electron chi connectivity index (χ3n) is 2.72. The third kappa shape index (κ3) is 3.99. The van der Waals surface area contributed by atoms with Crippen molar-refractivity contribution in [3.63, 3.8) is 0 Å². The van der Waals surface area contributed by atoms with E-state index in [0.29, 0.717) is 25.9 Å². The molecule has 90 valence electrons. The van der Waals surface area contributed by atoms with E-state index in [0.717, 1.165) is 0 Å². The predicted octanol–water partition coefficient (Wildman–Crippen LogP) is 1.91. The first-order valence-electron chi connectivity index (χ1n) is 5.44. The molecule has 1 rings (SSSR count). The minimum Gasteiger partial charge on any atom is -0.317 e. The molecule has 1 unspecified atom stereocenters. The summed E-state index contributed by atoms with van der Waals surface area (Å²) in [6.45, 7) is 4.88. The first kappa shape index (κ1) is 12.8. The van der Waals surface area contributed by atoms with Crippen LogP contribution in [0.4, 0.5) is 13.2 Å². The molecule has 0 aliphatic carbocycles. The monoisotopic (exact) mass is 224 g/mol. The molecule has 0 aromatic carbocycles. The Hall–Kier alpha value is -0.290. The first-order chi connectivity index (χ1) is 6.91. The highest BCUT2D eigenvalue weighted by Gasteiger charge is 2.44. The Balaban J connectivity index is 2.61. The molecule has 1 aliphatic rings. The van der Waals surface area contributed by atoms with Crippen LogP contribution in [-0.2, 0) is 0 Å². The number of nitrogens with one attached hydrogen (secondary N) is 2. The van der Waals surface area contributed by atoms with Crippen molar-refractivity contribution in [1.29, 1.82) is 0 Å². The summed E-state index contributed by atoms with van der Waals surface area (Å²) in [6, 6.07) is -1.48. The Morgan fingerprint density at radius 2 is 1.73 bits per heavy atom. The number of rotatable bonds is 3. The molecular weight excluding hydrogens is 205 g/mol. The van der Waals surface area contributed by atoms with Crippen molar-refractivity contribution in [2.45, 2.75) is 44.9 Å². The second-order valence-corrected chi connectivity index (χ2v) is 4.43. The molecule has 1 heterocycles. The lowest BCUT2D eigenvalue weighted by molar-refractivity contribution is -0.171. The quantitative estimate of drug-likeness (QED) is 0.765. The Labute approximate surface area is 88.6 Å². The van der Waals surface area contributed by atoms with E-state index in [2.05, 4.69) is 10.6 Å². The van der Waals surface area contributed by atoms with E-state index in [4.69, 9.17) is 0 Å². The van der Waals surface area contributed by atoms with Crippen LogP contribution in [0, 0.1) is 5.92 Å². The van der Waals surface area contributed by atoms with Gasteiger partial charge in [0.25, 0.3) is 0 Å². The third-order valence-corrected chi connectivity index (χ3v) is 2.72. The van der Waals surface area contributed by atoms with E-state index in [1.54, 1.807) is 13.8 Å². The molecule has 15 heavy (non-hydrogen) atoms. The van der Waals surface area contributed by atoms with Gasteiger partial charge in [-0.15, -0.1) is 0 Å². The molecule has 1 fully saturated rings. The van der Waals surface area contributed by atoms with Crippen LogP contribution < -0.4 is 10.6 Å². The molecule has 2 N–H and O–H groups in total. The highest BCUT2D eigenvalue weighted by Crippen LogP contribution is 2.30. The SMILES string of the molecule is CC(C)NC(C1CCNCC1)C(F)(F)F. The summed E-state index contributed by atoms with van der Waals surface area (Å²) in [4.78, 5) is 0. The molecule has 2 nitrogen and oxygen atoms in total. The lowest BCUT2D eigenvalue weighted by atomic mass is 9.89. The maximum atomic E-state index is 12.8. The van der Waals surface area contributed by atoms with Gasteiger partial charge in [-0.05, 0) is 31.8 Å². The molecule has 0 saturated carbocycles. The summed E-state index contributed by atoms with van der Waals surface area (Å²) < 4.78 is 38.3. The Kier molecular flexibility index (Phi) is 4.40. The molecule has 0 aromatic rings. The summed E-state index contributed by atoms with van der Waals surface area (Å²) >= 11 is 0. The van der Waals surface area contributed by atoms with Crippen LogP contribution in [0.1, 0.15) is 26.7 Å². The van der Waals surface area contributed by atoms with Gasteiger partial charge in [-0.3, -0.25) is 0 Å². The maximum absolute atomic E-state index is 12.8. The van der Waals surface area contributed by atoms with Crippen LogP contribution in [-0.4, -0.2) is 31.3 Å². The molecule has 1 aliphatic heterocycles. The maximum Gasteiger partial charge on any atom is 0.404 e. The molecule has 0 spiro atoms. The van der Waals surface area contributed by atoms with Gasteiger partial charge in [0.05, 0.1) is 0 Å². The van der Waals surface area contributed by atoms with Crippen LogP contribution in [0.2, 0.25) is 0 Å². The average molecular weight is 224 g/mol. The van der Waals surface area contributed by atoms with Crippen molar-refractivity contribution in [3.05, 3.63) is 0 Å². The van der Waals surface area contributed by atoms with E-state index in [9.17, 15) is 13.2 Å². The summed E-state index contributed by atoms with van der Waals surface area (Å²) in [5.41, 5.74) is 0. The topological polar surface area (TPSA) is 24.1 Å². The van der Waals surface area contributed by atoms with Gasteiger partial charge >= 0.3 is 6.18 Å². The molecule has 0 aromatic heterocycles. The summed E-state index contributed by atoms with van der Waals surface area (Å²) in [6.07, 6.45) is -2.93. The standard InChI is InChI=1S/C10H19F3N2/c1-7(2)15-9(10(11,12)13)8-3-5-14-6-4-8/h7-9,14-15H,3-6H2,1-2H3. The van der Waals surface area contributed by atoms with Gasteiger partial charge in [-0.1, -0.05) is 13.8 Å². The van der Waals surface area contributed by atoms with Gasteiger partial charge in [0.1, 0.15) is 6.04 Å². The second-order valence-electron chi connectivity index (χ2n) is 4.43. The Morgan fingerprint density at radius 1 is 1.20 bits per heavy atom. The smallest absolute Gasteiger partial charge is 0.317 e. The molecule has 0 bridgehead atoms. The van der Waals surface area contributed by atoms with Crippen molar-refractivity contribution < 1.29 is 13.2 Å². The minimum atomic E-state index is -4.13. The fraction of sp³-hybridized carbons (Fsp3) is 1.00. The predicted molar refractivity (Wildman–Crippen MR) is 53.7 cm³/mol. The number of hydrogen-bond donors (Lipinski definition) is 2. The molecular formula is C10H19F3N2. The lowest BCUT2D eigenvalue weighted by Gasteiger charge is -2.34. The molecule has 0 radical (unpaired) electrons. The van der Waals surface area contributed by atoms with Gasteiger partial charge in [0.2, 0.25) is 0 Å². The highest BCUT2D eigenvalue weighted by atomic mass is 19.4. The number of piperidine rings is 1. The summed E-state index contributed by atoms with van der Waals surface area (Å²) in [5, 5.41) is 5.72. The zero-order valence-electron chi connectivity index (χ0n) is 9.19. The zero-order chi connectivity index (χ0) is 11.5. The van der Waals surface area contributed by atoms with Crippen LogP contribution in [0.5, 0.6) is 0 Å². The van der Waals surface area contributed by atoms with Crippen LogP contribution in [0.3, 0.4) is 0 Å². The second kappa shape index (κ2) is 5.16. The summed E-state index contributed by atoms with van der Waals surface area (Å²) in [7, 11) is 0. The Morgan fingerprint density at radius 3 is 2.13 bits per heavy atom. The van der Waals surface area contributed by atoms with E-state index >= 15 is 0 Å². The van der Waals surface area contributed by atoms with Crippen molar-refractivity contribution in [2.75, 3.05) is 13.1 Å². The summed E-state index contributed by atoms with van der Waals surface area (Å²) in [5.74, 6) is -0.284. The van der Waals surface area contributed by atoms with E-state index in [1.807, 2.05) is 0 Å². The van der Waals surface area contributed by atoms with Crippen molar-refractivity contribution in [2.24, 2.45) is 5.92 Å². The van der Waals surface area contributed by atoms with Crippen molar-refractivity contribution in [3.8, 4) is 0 Å². The molecule has 5 heteroatoms. The Bertz CT molecular complexity index is 186. The average Bonchev–Trinajstić information content (AvgIpc) is 2.14. The number of halogens is 3. The van der Waals surface area contributed by atoms with Gasteiger partial charge < -0.3 is 10.6 Å². The van der Waals surface area contributed by atoms with E-state index in [-0.39, 0.29) is 12.0 Å². The largest absolute Gasteiger partial charge is 0.404 e. The lowest BCUT2D eigenvalue weighted by Crippen LogP contribution is -2.52. The van der Waals surface area contributed by atoms with Crippen molar-refractivity contribution in [1.82, 2.24) is 10.6 Å². The minimum absolute atomic E-state index is 0.133. The van der Waals surface area contributed by atoms with Gasteiger partial charge in [-0.25, -0.2) is 0 Å². The van der Waals surface area contributed by atoms with E-state index < -0.39 is 12.2 Å². The zero-order valence-corrected chi connectivity index (χ0v) is 9.19. The van der Waals surface area contributed by atoms with Gasteiger partial charge in [-0.2, -0.15) is 13.2 Å². The fourth-order valence-corrected chi connectivity index (χ4v) is 2.03. The van der Waals surface area contributed by atoms with Crippen LogP contribution in [0.15, 0.2) is 0 Å².